The number of rotatable bonds is 7. The van der Waals surface area contributed by atoms with Crippen LogP contribution in [-0.4, -0.2) is 45.6 Å². The third-order valence-corrected chi connectivity index (χ3v) is 4.26. The van der Waals surface area contributed by atoms with Crippen molar-refractivity contribution < 1.29 is 19.2 Å². The molecule has 128 valence electrons. The first-order valence-electron chi connectivity index (χ1n) is 8.27. The first-order chi connectivity index (χ1) is 11.5. The summed E-state index contributed by atoms with van der Waals surface area (Å²) in [4.78, 5) is 29.6. The summed E-state index contributed by atoms with van der Waals surface area (Å²) in [6, 6.07) is 1.83. The minimum atomic E-state index is -0.926. The lowest BCUT2D eigenvalue weighted by Gasteiger charge is -2.17. The van der Waals surface area contributed by atoms with Crippen molar-refractivity contribution in [2.24, 2.45) is 0 Å². The van der Waals surface area contributed by atoms with Crippen molar-refractivity contribution in [2.45, 2.75) is 44.9 Å². The lowest BCUT2D eigenvalue weighted by molar-refractivity contribution is -0.137. The number of carboxylic acids is 1. The topological polar surface area (TPSA) is 96.5 Å². The molecule has 2 aromatic heterocycles. The Morgan fingerprint density at radius 2 is 2.17 bits per heavy atom. The highest BCUT2D eigenvalue weighted by Gasteiger charge is 2.29. The zero-order valence-electron chi connectivity index (χ0n) is 13.9. The fraction of sp³-hybridized carbons (Fsp3) is 0.529. The van der Waals surface area contributed by atoms with Crippen LogP contribution >= 0.6 is 0 Å². The summed E-state index contributed by atoms with van der Waals surface area (Å²) in [5, 5.41) is 13.6. The van der Waals surface area contributed by atoms with Crippen LogP contribution in [0.5, 0.6) is 0 Å². The number of pyridine rings is 1. The Hall–Kier alpha value is -2.44. The molecule has 0 spiro atoms. The molecule has 1 aliphatic rings. The molecule has 7 heteroatoms. The summed E-state index contributed by atoms with van der Waals surface area (Å²) in [6.07, 6.45) is 3.64. The van der Waals surface area contributed by atoms with Gasteiger partial charge in [-0.25, -0.2) is 4.98 Å². The van der Waals surface area contributed by atoms with E-state index in [2.05, 4.69) is 10.1 Å². The Labute approximate surface area is 139 Å². The number of hydrogen-bond donors (Lipinski definition) is 1. The molecule has 1 N–H and O–H groups in total. The van der Waals surface area contributed by atoms with E-state index in [1.807, 2.05) is 13.0 Å². The van der Waals surface area contributed by atoms with Gasteiger partial charge in [0.25, 0.3) is 11.6 Å². The Balaban J connectivity index is 2.01. The molecule has 3 rings (SSSR count). The van der Waals surface area contributed by atoms with E-state index in [-0.39, 0.29) is 18.9 Å². The second-order valence-corrected chi connectivity index (χ2v) is 6.30. The van der Waals surface area contributed by atoms with E-state index >= 15 is 0 Å². The van der Waals surface area contributed by atoms with Gasteiger partial charge in [0.15, 0.2) is 0 Å². The molecule has 24 heavy (non-hydrogen) atoms. The summed E-state index contributed by atoms with van der Waals surface area (Å²) in [7, 11) is 1.61. The van der Waals surface area contributed by atoms with Crippen LogP contribution in [0.3, 0.4) is 0 Å². The first-order valence-corrected chi connectivity index (χ1v) is 8.27. The number of fused-ring (bicyclic) bond motifs is 1. The highest BCUT2D eigenvalue weighted by Crippen LogP contribution is 2.40. The van der Waals surface area contributed by atoms with E-state index in [0.717, 1.165) is 30.7 Å². The van der Waals surface area contributed by atoms with E-state index in [1.165, 1.54) is 4.90 Å². The predicted octanol–water partition coefficient (Wildman–Crippen LogP) is 2.60. The van der Waals surface area contributed by atoms with Crippen molar-refractivity contribution in [3.05, 3.63) is 23.0 Å². The van der Waals surface area contributed by atoms with Crippen molar-refractivity contribution in [3.63, 3.8) is 0 Å². The lowest BCUT2D eigenvalue weighted by Crippen LogP contribution is -2.29. The maximum absolute atomic E-state index is 12.9. The van der Waals surface area contributed by atoms with E-state index < -0.39 is 5.97 Å². The van der Waals surface area contributed by atoms with Gasteiger partial charge in [0.1, 0.15) is 0 Å². The molecule has 1 amide bonds. The lowest BCUT2D eigenvalue weighted by atomic mass is 10.0. The molecule has 0 aliphatic heterocycles. The number of nitrogens with zero attached hydrogens (tertiary/aromatic N) is 3. The highest BCUT2D eigenvalue weighted by molar-refractivity contribution is 6.06. The minimum Gasteiger partial charge on any atom is -0.481 e. The quantitative estimate of drug-likeness (QED) is 0.837. The molecule has 0 bridgehead atoms. The molecule has 1 saturated carbocycles. The van der Waals surface area contributed by atoms with Crippen molar-refractivity contribution in [2.75, 3.05) is 13.6 Å². The van der Waals surface area contributed by atoms with Crippen LogP contribution in [0.15, 0.2) is 10.6 Å². The molecule has 0 saturated heterocycles. The Morgan fingerprint density at radius 1 is 1.42 bits per heavy atom. The number of aryl methyl sites for hydroxylation is 1. The standard InChI is InChI=1S/C17H21N3O4/c1-3-4-12-15-11(17(23)20(2)8-7-14(21)22)9-13(10-5-6-10)18-16(15)24-19-12/h9-10H,3-8H2,1-2H3,(H,21,22). The summed E-state index contributed by atoms with van der Waals surface area (Å²) >= 11 is 0. The summed E-state index contributed by atoms with van der Waals surface area (Å²) < 4.78 is 5.36. The fourth-order valence-corrected chi connectivity index (χ4v) is 2.76. The van der Waals surface area contributed by atoms with Crippen molar-refractivity contribution >= 4 is 23.0 Å². The van der Waals surface area contributed by atoms with Crippen LogP contribution in [0.1, 0.15) is 60.3 Å². The number of aromatic nitrogens is 2. The fourth-order valence-electron chi connectivity index (χ4n) is 2.76. The molecule has 0 atom stereocenters. The molecule has 0 radical (unpaired) electrons. The molecule has 1 aliphatic carbocycles. The summed E-state index contributed by atoms with van der Waals surface area (Å²) in [5.74, 6) is -0.763. The molecule has 2 aromatic rings. The highest BCUT2D eigenvalue weighted by atomic mass is 16.5. The van der Waals surface area contributed by atoms with Gasteiger partial charge >= 0.3 is 5.97 Å². The Kier molecular flexibility index (Phi) is 4.51. The largest absolute Gasteiger partial charge is 0.481 e. The minimum absolute atomic E-state index is 0.0859. The van der Waals surface area contributed by atoms with E-state index in [1.54, 1.807) is 7.05 Å². The normalized spacial score (nSPS) is 14.1. The van der Waals surface area contributed by atoms with E-state index in [9.17, 15) is 9.59 Å². The SMILES string of the molecule is CCCc1noc2nc(C3CC3)cc(C(=O)N(C)CCC(=O)O)c12. The van der Waals surface area contributed by atoms with Gasteiger partial charge in [0.05, 0.1) is 23.1 Å². The average molecular weight is 331 g/mol. The maximum Gasteiger partial charge on any atom is 0.305 e. The van der Waals surface area contributed by atoms with Gasteiger partial charge in [-0.05, 0) is 25.3 Å². The Morgan fingerprint density at radius 3 is 2.79 bits per heavy atom. The zero-order chi connectivity index (χ0) is 17.3. The number of hydrogen-bond acceptors (Lipinski definition) is 5. The van der Waals surface area contributed by atoms with Gasteiger partial charge in [-0.1, -0.05) is 18.5 Å². The van der Waals surface area contributed by atoms with Gasteiger partial charge in [-0.15, -0.1) is 0 Å². The number of aliphatic carboxylic acids is 1. The molecule has 1 fully saturated rings. The van der Waals surface area contributed by atoms with E-state index in [0.29, 0.717) is 29.0 Å². The van der Waals surface area contributed by atoms with Gasteiger partial charge in [-0.2, -0.15) is 0 Å². The second-order valence-electron chi connectivity index (χ2n) is 6.30. The predicted molar refractivity (Wildman–Crippen MR) is 87.0 cm³/mol. The first kappa shape index (κ1) is 16.4. The second kappa shape index (κ2) is 6.59. The maximum atomic E-state index is 12.9. The Bertz CT molecular complexity index is 779. The molecule has 0 aromatic carbocycles. The third kappa shape index (κ3) is 3.25. The monoisotopic (exact) mass is 331 g/mol. The van der Waals surface area contributed by atoms with Gasteiger partial charge in [0, 0.05) is 25.2 Å². The van der Waals surface area contributed by atoms with Crippen LogP contribution < -0.4 is 0 Å². The van der Waals surface area contributed by atoms with Crippen LogP contribution in [0, 0.1) is 0 Å². The average Bonchev–Trinajstić information content (AvgIpc) is 3.34. The van der Waals surface area contributed by atoms with Gasteiger partial charge in [-0.3, -0.25) is 9.59 Å². The summed E-state index contributed by atoms with van der Waals surface area (Å²) in [5.41, 5.74) is 2.51. The summed E-state index contributed by atoms with van der Waals surface area (Å²) in [6.45, 7) is 2.19. The smallest absolute Gasteiger partial charge is 0.305 e. The molecule has 0 unspecified atom stereocenters. The molecular formula is C17H21N3O4. The number of carbonyl (C=O) groups excluding carboxylic acids is 1. The van der Waals surface area contributed by atoms with Gasteiger partial charge < -0.3 is 14.5 Å². The third-order valence-electron chi connectivity index (χ3n) is 4.26. The van der Waals surface area contributed by atoms with Crippen molar-refractivity contribution in [1.82, 2.24) is 15.0 Å². The number of carboxylic acid groups (broad SMARTS) is 1. The zero-order valence-corrected chi connectivity index (χ0v) is 13.9. The number of amides is 1. The van der Waals surface area contributed by atoms with Crippen LogP contribution in [-0.2, 0) is 11.2 Å². The van der Waals surface area contributed by atoms with Crippen LogP contribution in [0.25, 0.3) is 11.1 Å². The van der Waals surface area contributed by atoms with Crippen LogP contribution in [0.4, 0.5) is 0 Å². The molecular weight excluding hydrogens is 310 g/mol. The van der Waals surface area contributed by atoms with Gasteiger partial charge in [0.2, 0.25) is 0 Å². The van der Waals surface area contributed by atoms with Crippen LogP contribution in [0.2, 0.25) is 0 Å². The van der Waals surface area contributed by atoms with E-state index in [4.69, 9.17) is 9.63 Å². The van der Waals surface area contributed by atoms with Crippen molar-refractivity contribution in [1.29, 1.82) is 0 Å². The molecule has 7 nitrogen and oxygen atoms in total. The molecule has 2 heterocycles. The van der Waals surface area contributed by atoms with Crippen molar-refractivity contribution in [3.8, 4) is 0 Å². The number of carbonyl (C=O) groups is 2.